The molecule has 94 valence electrons. The molecule has 6 nitrogen and oxygen atoms in total. The van der Waals surface area contributed by atoms with Gasteiger partial charge in [0.1, 0.15) is 11.9 Å². The van der Waals surface area contributed by atoms with Gasteiger partial charge >= 0.3 is 0 Å². The Hall–Kier alpha value is -1.24. The molecule has 0 aromatic carbocycles. The molecule has 0 unspecified atom stereocenters. The second-order valence-corrected chi connectivity index (χ2v) is 4.14. The molecule has 6 heteroatoms. The zero-order valence-electron chi connectivity index (χ0n) is 9.85. The Morgan fingerprint density at radius 2 is 2.53 bits per heavy atom. The minimum atomic E-state index is -0.184. The van der Waals surface area contributed by atoms with Gasteiger partial charge in [-0.25, -0.2) is 4.98 Å². The van der Waals surface area contributed by atoms with Crippen molar-refractivity contribution in [2.75, 3.05) is 32.8 Å². The van der Waals surface area contributed by atoms with Gasteiger partial charge in [0.15, 0.2) is 0 Å². The Balaban J connectivity index is 2.13. The van der Waals surface area contributed by atoms with Crippen LogP contribution in [-0.4, -0.2) is 52.8 Å². The highest BCUT2D eigenvalue weighted by Gasteiger charge is 2.23. The van der Waals surface area contributed by atoms with Crippen LogP contribution in [-0.2, 0) is 4.74 Å². The maximum absolute atomic E-state index is 11.4. The summed E-state index contributed by atoms with van der Waals surface area (Å²) in [7, 11) is 0. The molecular formula is C11H17N3O3. The Bertz CT molecular complexity index is 430. The van der Waals surface area contributed by atoms with Crippen molar-refractivity contribution in [2.24, 2.45) is 0 Å². The molecule has 17 heavy (non-hydrogen) atoms. The van der Waals surface area contributed by atoms with Crippen LogP contribution in [0.3, 0.4) is 0 Å². The summed E-state index contributed by atoms with van der Waals surface area (Å²) in [5.41, 5.74) is 0.504. The topological polar surface area (TPSA) is 78.5 Å². The number of β-amino-alcohol motifs (C(OH)–C–C–N with tert-alkyl or cyclic N) is 1. The first-order chi connectivity index (χ1) is 8.19. The molecular weight excluding hydrogens is 222 g/mol. The third-order valence-corrected chi connectivity index (χ3v) is 2.78. The Labute approximate surface area is 99.2 Å². The van der Waals surface area contributed by atoms with E-state index in [9.17, 15) is 4.79 Å². The molecule has 1 aromatic rings. The first kappa shape index (κ1) is 12.2. The first-order valence-electron chi connectivity index (χ1n) is 5.71. The van der Waals surface area contributed by atoms with E-state index in [0.29, 0.717) is 31.2 Å². The number of morpholine rings is 1. The number of nitrogens with zero attached hydrogens (tertiary/aromatic N) is 2. The molecule has 0 spiro atoms. The average Bonchev–Trinajstić information content (AvgIpc) is 2.28. The fourth-order valence-electron chi connectivity index (χ4n) is 1.99. The van der Waals surface area contributed by atoms with Gasteiger partial charge in [-0.2, -0.15) is 0 Å². The van der Waals surface area contributed by atoms with E-state index in [0.717, 1.165) is 6.54 Å². The maximum Gasteiger partial charge on any atom is 0.251 e. The summed E-state index contributed by atoms with van der Waals surface area (Å²) in [5.74, 6) is 0.593. The van der Waals surface area contributed by atoms with Gasteiger partial charge in [0.05, 0.1) is 18.9 Å². The van der Waals surface area contributed by atoms with E-state index in [4.69, 9.17) is 9.84 Å². The lowest BCUT2D eigenvalue weighted by Crippen LogP contribution is -2.40. The van der Waals surface area contributed by atoms with Crippen molar-refractivity contribution in [3.63, 3.8) is 0 Å². The molecule has 1 aromatic heterocycles. The molecule has 1 saturated heterocycles. The van der Waals surface area contributed by atoms with Crippen LogP contribution in [0, 0.1) is 6.92 Å². The Morgan fingerprint density at radius 1 is 1.71 bits per heavy atom. The van der Waals surface area contributed by atoms with Gasteiger partial charge < -0.3 is 14.8 Å². The largest absolute Gasteiger partial charge is 0.395 e. The number of aliphatic hydroxyl groups is 1. The van der Waals surface area contributed by atoms with Crippen molar-refractivity contribution in [3.8, 4) is 0 Å². The van der Waals surface area contributed by atoms with Crippen LogP contribution >= 0.6 is 0 Å². The molecule has 1 fully saturated rings. The molecule has 1 aliphatic rings. The highest BCUT2D eigenvalue weighted by atomic mass is 16.5. The quantitative estimate of drug-likeness (QED) is 0.739. The molecule has 2 N–H and O–H groups in total. The number of nitrogens with one attached hydrogen (secondary N) is 1. The SMILES string of the molecule is Cc1nc([C@H]2CN(CCO)CCO2)cc(=O)[nH]1. The molecule has 0 radical (unpaired) electrons. The van der Waals surface area contributed by atoms with E-state index in [1.54, 1.807) is 6.92 Å². The molecule has 2 heterocycles. The lowest BCUT2D eigenvalue weighted by molar-refractivity contribution is -0.0359. The molecule has 0 bridgehead atoms. The summed E-state index contributed by atoms with van der Waals surface area (Å²) in [6.45, 7) is 4.57. The number of ether oxygens (including phenoxy) is 1. The summed E-state index contributed by atoms with van der Waals surface area (Å²) in [6, 6.07) is 1.47. The summed E-state index contributed by atoms with van der Waals surface area (Å²) >= 11 is 0. The predicted octanol–water partition coefficient (Wildman–Crippen LogP) is -0.556. The van der Waals surface area contributed by atoms with E-state index in [1.807, 2.05) is 0 Å². The van der Waals surface area contributed by atoms with Crippen molar-refractivity contribution >= 4 is 0 Å². The fourth-order valence-corrected chi connectivity index (χ4v) is 1.99. The van der Waals surface area contributed by atoms with Crippen molar-refractivity contribution in [1.29, 1.82) is 0 Å². The van der Waals surface area contributed by atoms with Gasteiger partial charge in [0, 0.05) is 25.7 Å². The van der Waals surface area contributed by atoms with Gasteiger partial charge in [-0.05, 0) is 6.92 Å². The fraction of sp³-hybridized carbons (Fsp3) is 0.636. The molecule has 0 amide bonds. The summed E-state index contributed by atoms with van der Waals surface area (Å²) in [5, 5.41) is 8.91. The van der Waals surface area contributed by atoms with E-state index >= 15 is 0 Å². The van der Waals surface area contributed by atoms with Gasteiger partial charge in [-0.1, -0.05) is 0 Å². The van der Waals surface area contributed by atoms with Crippen LogP contribution in [0.4, 0.5) is 0 Å². The van der Waals surface area contributed by atoms with E-state index in [-0.39, 0.29) is 18.3 Å². The maximum atomic E-state index is 11.4. The van der Waals surface area contributed by atoms with Crippen LogP contribution in [0.15, 0.2) is 10.9 Å². The number of aryl methyl sites for hydroxylation is 1. The Morgan fingerprint density at radius 3 is 3.24 bits per heavy atom. The second kappa shape index (κ2) is 5.39. The molecule has 1 atom stereocenters. The van der Waals surface area contributed by atoms with Crippen molar-refractivity contribution in [3.05, 3.63) is 27.9 Å². The van der Waals surface area contributed by atoms with Gasteiger partial charge in [0.2, 0.25) is 0 Å². The number of aliphatic hydroxyl groups excluding tert-OH is 1. The zero-order chi connectivity index (χ0) is 12.3. The van der Waals surface area contributed by atoms with Crippen molar-refractivity contribution in [1.82, 2.24) is 14.9 Å². The van der Waals surface area contributed by atoms with Crippen LogP contribution in [0.25, 0.3) is 0 Å². The number of rotatable bonds is 3. The number of aromatic amines is 1. The van der Waals surface area contributed by atoms with Crippen LogP contribution < -0.4 is 5.56 Å². The number of hydrogen-bond acceptors (Lipinski definition) is 5. The smallest absolute Gasteiger partial charge is 0.251 e. The van der Waals surface area contributed by atoms with Crippen LogP contribution in [0.1, 0.15) is 17.6 Å². The molecule has 1 aliphatic heterocycles. The van der Waals surface area contributed by atoms with Crippen LogP contribution in [0.2, 0.25) is 0 Å². The third-order valence-electron chi connectivity index (χ3n) is 2.78. The van der Waals surface area contributed by atoms with Crippen molar-refractivity contribution < 1.29 is 9.84 Å². The lowest BCUT2D eigenvalue weighted by atomic mass is 10.2. The monoisotopic (exact) mass is 239 g/mol. The summed E-state index contributed by atoms with van der Waals surface area (Å²) in [4.78, 5) is 20.4. The predicted molar refractivity (Wildman–Crippen MR) is 61.8 cm³/mol. The van der Waals surface area contributed by atoms with E-state index < -0.39 is 0 Å². The molecule has 0 saturated carbocycles. The molecule has 0 aliphatic carbocycles. The number of hydrogen-bond donors (Lipinski definition) is 2. The minimum absolute atomic E-state index is 0.133. The van der Waals surface area contributed by atoms with Gasteiger partial charge in [-0.15, -0.1) is 0 Å². The standard InChI is InChI=1S/C11H17N3O3/c1-8-12-9(6-11(16)13-8)10-7-14(2-4-15)3-5-17-10/h6,10,15H,2-5,7H2,1H3,(H,12,13,16)/t10-/m1/s1. The number of H-pyrrole nitrogens is 1. The summed E-state index contributed by atoms with van der Waals surface area (Å²) < 4.78 is 5.61. The lowest BCUT2D eigenvalue weighted by Gasteiger charge is -2.32. The third kappa shape index (κ3) is 3.12. The average molecular weight is 239 g/mol. The Kier molecular flexibility index (Phi) is 3.88. The minimum Gasteiger partial charge on any atom is -0.395 e. The second-order valence-electron chi connectivity index (χ2n) is 4.14. The van der Waals surface area contributed by atoms with E-state index in [1.165, 1.54) is 6.07 Å². The highest BCUT2D eigenvalue weighted by molar-refractivity contribution is 5.07. The summed E-state index contributed by atoms with van der Waals surface area (Å²) in [6.07, 6.45) is -0.184. The van der Waals surface area contributed by atoms with E-state index in [2.05, 4.69) is 14.9 Å². The zero-order valence-corrected chi connectivity index (χ0v) is 9.85. The first-order valence-corrected chi connectivity index (χ1v) is 5.71. The number of aromatic nitrogens is 2. The van der Waals surface area contributed by atoms with Crippen molar-refractivity contribution in [2.45, 2.75) is 13.0 Å². The molecule has 2 rings (SSSR count). The van der Waals surface area contributed by atoms with Gasteiger partial charge in [-0.3, -0.25) is 9.69 Å². The normalized spacial score (nSPS) is 21.6. The van der Waals surface area contributed by atoms with Crippen LogP contribution in [0.5, 0.6) is 0 Å². The highest BCUT2D eigenvalue weighted by Crippen LogP contribution is 2.19. The van der Waals surface area contributed by atoms with Gasteiger partial charge in [0.25, 0.3) is 5.56 Å².